The molecule has 0 aromatic heterocycles. The molecule has 0 bridgehead atoms. The molecule has 22 heavy (non-hydrogen) atoms. The molecule has 0 saturated heterocycles. The van der Waals surface area contributed by atoms with Crippen LogP contribution in [0.2, 0.25) is 0 Å². The van der Waals surface area contributed by atoms with Crippen molar-refractivity contribution >= 4 is 11.4 Å². The van der Waals surface area contributed by atoms with Gasteiger partial charge < -0.3 is 0 Å². The number of nitriles is 1. The maximum atomic E-state index is 12.5. The molecule has 0 saturated carbocycles. The smallest absolute Gasteiger partial charge is 0.166 e. The normalized spacial score (nSPS) is 17.4. The molecule has 0 fully saturated rings. The maximum Gasteiger partial charge on any atom is 0.166 e. The monoisotopic (exact) mass is 287 g/mol. The van der Waals surface area contributed by atoms with Crippen molar-refractivity contribution in [3.8, 4) is 6.07 Å². The Morgan fingerprint density at radius 1 is 1.05 bits per heavy atom. The predicted octanol–water partition coefficient (Wildman–Crippen LogP) is 4.62. The number of benzene rings is 2. The van der Waals surface area contributed by atoms with Crippen molar-refractivity contribution in [3.05, 3.63) is 77.4 Å². The Hall–Kier alpha value is -2.66. The van der Waals surface area contributed by atoms with Crippen molar-refractivity contribution in [2.24, 2.45) is 5.92 Å². The molecule has 0 heterocycles. The molecule has 1 aliphatic rings. The Bertz CT molecular complexity index is 736. The van der Waals surface area contributed by atoms with Gasteiger partial charge >= 0.3 is 0 Å². The highest BCUT2D eigenvalue weighted by atomic mass is 16.1. The number of nitrogens with zero attached hydrogens (tertiary/aromatic N) is 1. The first-order chi connectivity index (χ1) is 10.8. The first-order valence-electron chi connectivity index (χ1n) is 7.57. The van der Waals surface area contributed by atoms with Crippen LogP contribution in [0, 0.1) is 17.2 Å². The van der Waals surface area contributed by atoms with Gasteiger partial charge in [-0.1, -0.05) is 48.5 Å². The van der Waals surface area contributed by atoms with Crippen molar-refractivity contribution < 1.29 is 4.79 Å². The Labute approximate surface area is 130 Å². The highest BCUT2D eigenvalue weighted by Crippen LogP contribution is 2.31. The molecule has 2 nitrogen and oxygen atoms in total. The fraction of sp³-hybridized carbons (Fsp3) is 0.200. The lowest BCUT2D eigenvalue weighted by atomic mass is 9.82. The fourth-order valence-corrected chi connectivity index (χ4v) is 2.93. The van der Waals surface area contributed by atoms with Gasteiger partial charge in [0.05, 0.1) is 11.6 Å². The quantitative estimate of drug-likeness (QED) is 0.772. The number of allylic oxidation sites excluding steroid dienone is 2. The van der Waals surface area contributed by atoms with Crippen LogP contribution in [0.15, 0.2) is 60.7 Å². The fourth-order valence-electron chi connectivity index (χ4n) is 2.93. The van der Waals surface area contributed by atoms with Gasteiger partial charge in [-0.2, -0.15) is 5.26 Å². The van der Waals surface area contributed by atoms with E-state index in [1.807, 2.05) is 18.2 Å². The number of rotatable bonds is 3. The maximum absolute atomic E-state index is 12.5. The minimum atomic E-state index is 0.0559. The van der Waals surface area contributed by atoms with E-state index in [0.29, 0.717) is 11.1 Å². The van der Waals surface area contributed by atoms with Crippen LogP contribution in [-0.2, 0) is 0 Å². The summed E-state index contributed by atoms with van der Waals surface area (Å²) in [6.45, 7) is 0. The molecule has 0 spiro atoms. The number of hydrogen-bond donors (Lipinski definition) is 0. The van der Waals surface area contributed by atoms with Crippen LogP contribution < -0.4 is 0 Å². The first kappa shape index (κ1) is 14.3. The molecule has 3 rings (SSSR count). The van der Waals surface area contributed by atoms with Crippen molar-refractivity contribution in [2.75, 3.05) is 0 Å². The van der Waals surface area contributed by atoms with E-state index in [9.17, 15) is 4.79 Å². The average Bonchev–Trinajstić information content (AvgIpc) is 2.62. The van der Waals surface area contributed by atoms with Crippen LogP contribution in [0.1, 0.15) is 40.7 Å². The summed E-state index contributed by atoms with van der Waals surface area (Å²) < 4.78 is 0. The van der Waals surface area contributed by atoms with Crippen LogP contribution in [0.5, 0.6) is 0 Å². The molecular formula is C20H17NO. The minimum absolute atomic E-state index is 0.0559. The first-order valence-corrected chi connectivity index (χ1v) is 7.57. The molecule has 0 aliphatic heterocycles. The van der Waals surface area contributed by atoms with Gasteiger partial charge in [0.1, 0.15) is 0 Å². The number of Topliss-reactive ketones (excluding diaryl/α,β-unsaturated/α-hetero) is 1. The van der Waals surface area contributed by atoms with Gasteiger partial charge in [0, 0.05) is 11.5 Å². The molecule has 2 aromatic rings. The van der Waals surface area contributed by atoms with E-state index in [1.54, 1.807) is 24.3 Å². The molecular weight excluding hydrogens is 270 g/mol. The van der Waals surface area contributed by atoms with Crippen molar-refractivity contribution in [3.63, 3.8) is 0 Å². The molecule has 0 radical (unpaired) electrons. The van der Waals surface area contributed by atoms with Gasteiger partial charge in [0.25, 0.3) is 0 Å². The number of ketones is 1. The van der Waals surface area contributed by atoms with Gasteiger partial charge in [-0.25, -0.2) is 0 Å². The number of carbonyl (C=O) groups is 1. The Kier molecular flexibility index (Phi) is 4.16. The summed E-state index contributed by atoms with van der Waals surface area (Å²) in [5.41, 5.74) is 3.89. The SMILES string of the molecule is N#Cc1ccc(C(=O)C2CC=C(c3ccccc3)CC2)cc1. The zero-order valence-corrected chi connectivity index (χ0v) is 12.3. The van der Waals surface area contributed by atoms with Crippen molar-refractivity contribution in [2.45, 2.75) is 19.3 Å². The molecule has 1 atom stereocenters. The van der Waals surface area contributed by atoms with Crippen LogP contribution in [-0.4, -0.2) is 5.78 Å². The molecule has 0 amide bonds. The lowest BCUT2D eigenvalue weighted by Gasteiger charge is -2.21. The van der Waals surface area contributed by atoms with E-state index >= 15 is 0 Å². The number of carbonyl (C=O) groups excluding carboxylic acids is 1. The van der Waals surface area contributed by atoms with E-state index in [0.717, 1.165) is 19.3 Å². The van der Waals surface area contributed by atoms with Gasteiger partial charge in [-0.05, 0) is 42.5 Å². The van der Waals surface area contributed by atoms with E-state index < -0.39 is 0 Å². The zero-order chi connectivity index (χ0) is 15.4. The van der Waals surface area contributed by atoms with Crippen LogP contribution in [0.3, 0.4) is 0 Å². The highest BCUT2D eigenvalue weighted by molar-refractivity contribution is 5.98. The molecule has 108 valence electrons. The summed E-state index contributed by atoms with van der Waals surface area (Å²) >= 11 is 0. The Morgan fingerprint density at radius 3 is 2.36 bits per heavy atom. The summed E-state index contributed by atoms with van der Waals surface area (Å²) in [7, 11) is 0. The summed E-state index contributed by atoms with van der Waals surface area (Å²) in [5.74, 6) is 0.244. The summed E-state index contributed by atoms with van der Waals surface area (Å²) in [4.78, 5) is 12.5. The standard InChI is InChI=1S/C20H17NO/c21-14-15-6-8-18(9-7-15)20(22)19-12-10-17(11-13-19)16-4-2-1-3-5-16/h1-10,19H,11-13H2. The Morgan fingerprint density at radius 2 is 1.77 bits per heavy atom. The predicted molar refractivity (Wildman–Crippen MR) is 87.2 cm³/mol. The van der Waals surface area contributed by atoms with Gasteiger partial charge in [-0.3, -0.25) is 4.79 Å². The van der Waals surface area contributed by atoms with Gasteiger partial charge in [0.2, 0.25) is 0 Å². The molecule has 0 N–H and O–H groups in total. The van der Waals surface area contributed by atoms with Crippen molar-refractivity contribution in [1.29, 1.82) is 5.26 Å². The summed E-state index contributed by atoms with van der Waals surface area (Å²) in [6, 6.07) is 19.4. The third kappa shape index (κ3) is 2.99. The summed E-state index contributed by atoms with van der Waals surface area (Å²) in [5, 5.41) is 8.81. The minimum Gasteiger partial charge on any atom is -0.294 e. The lowest BCUT2D eigenvalue weighted by molar-refractivity contribution is 0.0913. The van der Waals surface area contributed by atoms with E-state index in [4.69, 9.17) is 5.26 Å². The molecule has 2 heteroatoms. The number of hydrogen-bond acceptors (Lipinski definition) is 2. The molecule has 1 unspecified atom stereocenters. The average molecular weight is 287 g/mol. The van der Waals surface area contributed by atoms with E-state index in [2.05, 4.69) is 24.3 Å². The van der Waals surface area contributed by atoms with Gasteiger partial charge in [0.15, 0.2) is 5.78 Å². The van der Waals surface area contributed by atoms with Crippen LogP contribution >= 0.6 is 0 Å². The second-order valence-electron chi connectivity index (χ2n) is 5.62. The topological polar surface area (TPSA) is 40.9 Å². The zero-order valence-electron chi connectivity index (χ0n) is 12.3. The third-order valence-corrected chi connectivity index (χ3v) is 4.22. The van der Waals surface area contributed by atoms with Crippen LogP contribution in [0.25, 0.3) is 5.57 Å². The molecule has 2 aromatic carbocycles. The third-order valence-electron chi connectivity index (χ3n) is 4.22. The largest absolute Gasteiger partial charge is 0.294 e. The van der Waals surface area contributed by atoms with E-state index in [1.165, 1.54) is 11.1 Å². The second-order valence-corrected chi connectivity index (χ2v) is 5.62. The van der Waals surface area contributed by atoms with E-state index in [-0.39, 0.29) is 11.7 Å². The van der Waals surface area contributed by atoms with Crippen LogP contribution in [0.4, 0.5) is 0 Å². The highest BCUT2D eigenvalue weighted by Gasteiger charge is 2.23. The second kappa shape index (κ2) is 6.41. The van der Waals surface area contributed by atoms with Crippen molar-refractivity contribution in [1.82, 2.24) is 0 Å². The molecule has 1 aliphatic carbocycles. The lowest BCUT2D eigenvalue weighted by Crippen LogP contribution is -2.17. The Balaban J connectivity index is 1.71. The summed E-state index contributed by atoms with van der Waals surface area (Å²) in [6.07, 6.45) is 4.82. The van der Waals surface area contributed by atoms with Gasteiger partial charge in [-0.15, -0.1) is 0 Å².